The van der Waals surface area contributed by atoms with E-state index in [0.29, 0.717) is 5.92 Å². The Morgan fingerprint density at radius 3 is 2.67 bits per heavy atom. The fourth-order valence-electron chi connectivity index (χ4n) is 1.56. The molecule has 0 fully saturated rings. The van der Waals surface area contributed by atoms with Gasteiger partial charge >= 0.3 is 0 Å². The lowest BCUT2D eigenvalue weighted by Crippen LogP contribution is -2.23. The molecule has 0 aliphatic heterocycles. The van der Waals surface area contributed by atoms with Crippen LogP contribution in [0.2, 0.25) is 0 Å². The lowest BCUT2D eigenvalue weighted by atomic mass is 9.97. The van der Waals surface area contributed by atoms with Crippen molar-refractivity contribution in [3.63, 3.8) is 0 Å². The third-order valence-electron chi connectivity index (χ3n) is 2.45. The van der Waals surface area contributed by atoms with Crippen LogP contribution < -0.4 is 5.73 Å². The Kier molecular flexibility index (Phi) is 2.90. The van der Waals surface area contributed by atoms with E-state index in [9.17, 15) is 4.79 Å². The van der Waals surface area contributed by atoms with Crippen LogP contribution in [0.5, 0.6) is 0 Å². The molecular formula is C10H17NO. The highest BCUT2D eigenvalue weighted by molar-refractivity contribution is 5.81. The number of hydrogen-bond acceptors (Lipinski definition) is 1. The Hall–Kier alpha value is -0.790. The summed E-state index contributed by atoms with van der Waals surface area (Å²) in [5, 5.41) is 0. The van der Waals surface area contributed by atoms with Crippen molar-refractivity contribution in [3.05, 3.63) is 11.6 Å². The first-order valence-corrected chi connectivity index (χ1v) is 4.67. The predicted octanol–water partition coefficient (Wildman–Crippen LogP) is 1.85. The molecule has 0 spiro atoms. The minimum Gasteiger partial charge on any atom is -0.369 e. The summed E-state index contributed by atoms with van der Waals surface area (Å²) in [6, 6.07) is 0. The number of allylic oxidation sites excluding steroid dienone is 1. The molecule has 2 nitrogen and oxygen atoms in total. The minimum atomic E-state index is -0.154. The largest absolute Gasteiger partial charge is 0.369 e. The van der Waals surface area contributed by atoms with Gasteiger partial charge in [0.15, 0.2) is 0 Å². The van der Waals surface area contributed by atoms with E-state index in [-0.39, 0.29) is 11.8 Å². The SMILES string of the molecule is CCCCC(C(N)=O)C1=CC1C. The smallest absolute Gasteiger partial charge is 0.224 e. The molecule has 2 N–H and O–H groups in total. The van der Waals surface area contributed by atoms with Gasteiger partial charge in [0, 0.05) is 0 Å². The molecule has 0 saturated carbocycles. The third-order valence-corrected chi connectivity index (χ3v) is 2.45. The summed E-state index contributed by atoms with van der Waals surface area (Å²) in [6.45, 7) is 4.24. The van der Waals surface area contributed by atoms with Crippen molar-refractivity contribution >= 4 is 5.91 Å². The van der Waals surface area contributed by atoms with Gasteiger partial charge in [-0.15, -0.1) is 0 Å². The Labute approximate surface area is 73.8 Å². The van der Waals surface area contributed by atoms with Crippen LogP contribution in [0, 0.1) is 11.8 Å². The number of amides is 1. The van der Waals surface area contributed by atoms with Gasteiger partial charge in [-0.05, 0) is 12.3 Å². The fourth-order valence-corrected chi connectivity index (χ4v) is 1.56. The summed E-state index contributed by atoms with van der Waals surface area (Å²) in [4.78, 5) is 11.0. The van der Waals surface area contributed by atoms with Crippen LogP contribution in [-0.2, 0) is 4.79 Å². The maximum absolute atomic E-state index is 11.0. The van der Waals surface area contributed by atoms with Gasteiger partial charge in [0.25, 0.3) is 0 Å². The average molecular weight is 167 g/mol. The number of rotatable bonds is 5. The highest BCUT2D eigenvalue weighted by Gasteiger charge is 2.30. The van der Waals surface area contributed by atoms with E-state index < -0.39 is 0 Å². The van der Waals surface area contributed by atoms with Crippen molar-refractivity contribution < 1.29 is 4.79 Å². The second-order valence-corrected chi connectivity index (χ2v) is 3.55. The van der Waals surface area contributed by atoms with Gasteiger partial charge in [-0.3, -0.25) is 4.79 Å². The molecule has 0 bridgehead atoms. The third kappa shape index (κ3) is 2.10. The molecule has 0 aromatic carbocycles. The van der Waals surface area contributed by atoms with E-state index in [1.54, 1.807) is 0 Å². The minimum absolute atomic E-state index is 0.0277. The second-order valence-electron chi connectivity index (χ2n) is 3.55. The van der Waals surface area contributed by atoms with E-state index in [1.807, 2.05) is 0 Å². The molecule has 0 aromatic heterocycles. The zero-order valence-corrected chi connectivity index (χ0v) is 7.84. The molecule has 2 heteroatoms. The average Bonchev–Trinajstić information content (AvgIpc) is 2.67. The fraction of sp³-hybridized carbons (Fsp3) is 0.700. The summed E-state index contributed by atoms with van der Waals surface area (Å²) in [7, 11) is 0. The zero-order chi connectivity index (χ0) is 9.14. The number of hydrogen-bond donors (Lipinski definition) is 1. The lowest BCUT2D eigenvalue weighted by molar-refractivity contribution is -0.120. The lowest BCUT2D eigenvalue weighted by Gasteiger charge is -2.09. The van der Waals surface area contributed by atoms with Crippen LogP contribution in [0.4, 0.5) is 0 Å². The van der Waals surface area contributed by atoms with E-state index in [1.165, 1.54) is 5.57 Å². The molecule has 1 amide bonds. The topological polar surface area (TPSA) is 43.1 Å². The molecule has 0 aromatic rings. The molecule has 12 heavy (non-hydrogen) atoms. The van der Waals surface area contributed by atoms with Crippen LogP contribution >= 0.6 is 0 Å². The molecular weight excluding hydrogens is 150 g/mol. The molecule has 1 aliphatic carbocycles. The van der Waals surface area contributed by atoms with Gasteiger partial charge < -0.3 is 5.73 Å². The Morgan fingerprint density at radius 1 is 1.75 bits per heavy atom. The number of carbonyl (C=O) groups is 1. The number of carbonyl (C=O) groups excluding carboxylic acids is 1. The Balaban J connectivity index is 2.40. The summed E-state index contributed by atoms with van der Waals surface area (Å²) in [5.74, 6) is 0.401. The van der Waals surface area contributed by atoms with Crippen molar-refractivity contribution in [3.8, 4) is 0 Å². The highest BCUT2D eigenvalue weighted by atomic mass is 16.1. The summed E-state index contributed by atoms with van der Waals surface area (Å²) >= 11 is 0. The number of primary amides is 1. The highest BCUT2D eigenvalue weighted by Crippen LogP contribution is 2.37. The standard InChI is InChI=1S/C10H17NO/c1-3-4-5-8(10(11)12)9-6-7(9)2/h6-8H,3-5H2,1-2H3,(H2,11,12). The molecule has 2 unspecified atom stereocenters. The Bertz CT molecular complexity index is 208. The van der Waals surface area contributed by atoms with Crippen molar-refractivity contribution in [2.24, 2.45) is 17.6 Å². The first-order valence-electron chi connectivity index (χ1n) is 4.67. The molecule has 1 rings (SSSR count). The molecule has 0 radical (unpaired) electrons. The first kappa shape index (κ1) is 9.30. The monoisotopic (exact) mass is 167 g/mol. The van der Waals surface area contributed by atoms with Crippen LogP contribution in [-0.4, -0.2) is 5.91 Å². The van der Waals surface area contributed by atoms with Gasteiger partial charge in [0.05, 0.1) is 5.92 Å². The van der Waals surface area contributed by atoms with Gasteiger partial charge in [0.1, 0.15) is 0 Å². The van der Waals surface area contributed by atoms with Crippen molar-refractivity contribution in [2.75, 3.05) is 0 Å². The molecule has 1 aliphatic rings. The number of nitrogens with two attached hydrogens (primary N) is 1. The molecule has 68 valence electrons. The normalized spacial score (nSPS) is 23.2. The maximum Gasteiger partial charge on any atom is 0.224 e. The van der Waals surface area contributed by atoms with Crippen LogP contribution in [0.3, 0.4) is 0 Å². The second kappa shape index (κ2) is 3.74. The van der Waals surface area contributed by atoms with Gasteiger partial charge in [-0.25, -0.2) is 0 Å². The van der Waals surface area contributed by atoms with E-state index >= 15 is 0 Å². The van der Waals surface area contributed by atoms with Gasteiger partial charge in [0.2, 0.25) is 5.91 Å². The summed E-state index contributed by atoms with van der Waals surface area (Å²) < 4.78 is 0. The van der Waals surface area contributed by atoms with Crippen LogP contribution in [0.15, 0.2) is 11.6 Å². The predicted molar refractivity (Wildman–Crippen MR) is 49.5 cm³/mol. The molecule has 0 heterocycles. The summed E-state index contributed by atoms with van der Waals surface area (Å²) in [5.41, 5.74) is 6.56. The van der Waals surface area contributed by atoms with Crippen molar-refractivity contribution in [1.82, 2.24) is 0 Å². The van der Waals surface area contributed by atoms with Gasteiger partial charge in [-0.1, -0.05) is 38.3 Å². The van der Waals surface area contributed by atoms with Crippen LogP contribution in [0.1, 0.15) is 33.1 Å². The van der Waals surface area contributed by atoms with E-state index in [0.717, 1.165) is 19.3 Å². The van der Waals surface area contributed by atoms with Crippen molar-refractivity contribution in [2.45, 2.75) is 33.1 Å². The quantitative estimate of drug-likeness (QED) is 0.624. The van der Waals surface area contributed by atoms with E-state index in [2.05, 4.69) is 19.9 Å². The molecule has 2 atom stereocenters. The first-order chi connectivity index (χ1) is 5.66. The summed E-state index contributed by atoms with van der Waals surface area (Å²) in [6.07, 6.45) is 5.29. The van der Waals surface area contributed by atoms with Crippen LogP contribution in [0.25, 0.3) is 0 Å². The van der Waals surface area contributed by atoms with E-state index in [4.69, 9.17) is 5.73 Å². The maximum atomic E-state index is 11.0. The Morgan fingerprint density at radius 2 is 2.33 bits per heavy atom. The van der Waals surface area contributed by atoms with Crippen molar-refractivity contribution in [1.29, 1.82) is 0 Å². The van der Waals surface area contributed by atoms with Gasteiger partial charge in [-0.2, -0.15) is 0 Å². The zero-order valence-electron chi connectivity index (χ0n) is 7.84. The molecule has 0 saturated heterocycles. The number of unbranched alkanes of at least 4 members (excludes halogenated alkanes) is 1.